The molecular formula is C15H12F2N2O3S. The number of ether oxygens (including phenoxy) is 1. The molecule has 23 heavy (non-hydrogen) atoms. The molecular weight excluding hydrogens is 326 g/mol. The molecule has 2 aromatic rings. The summed E-state index contributed by atoms with van der Waals surface area (Å²) in [6, 6.07) is 5.63. The Labute approximate surface area is 132 Å². The number of nitrogens with zero attached hydrogens (tertiary/aromatic N) is 1. The Balaban J connectivity index is 1.87. The Morgan fingerprint density at radius 1 is 1.22 bits per heavy atom. The van der Waals surface area contributed by atoms with Crippen LogP contribution in [0.15, 0.2) is 47.6 Å². The fourth-order valence-corrected chi connectivity index (χ4v) is 2.55. The molecule has 0 radical (unpaired) electrons. The topological polar surface area (TPSA) is 68.3 Å². The van der Waals surface area contributed by atoms with E-state index in [1.165, 1.54) is 6.20 Å². The van der Waals surface area contributed by atoms with Crippen LogP contribution in [-0.4, -0.2) is 26.6 Å². The molecule has 0 atom stereocenters. The van der Waals surface area contributed by atoms with Crippen LogP contribution in [0, 0.1) is 23.5 Å². The molecule has 0 saturated heterocycles. The average Bonchev–Trinajstić information content (AvgIpc) is 2.51. The third-order valence-corrected chi connectivity index (χ3v) is 4.04. The second-order valence-corrected chi connectivity index (χ2v) is 5.97. The van der Waals surface area contributed by atoms with E-state index < -0.39 is 26.6 Å². The van der Waals surface area contributed by atoms with Crippen LogP contribution in [0.25, 0.3) is 0 Å². The van der Waals surface area contributed by atoms with Crippen molar-refractivity contribution in [3.8, 4) is 17.6 Å². The van der Waals surface area contributed by atoms with Gasteiger partial charge in [0, 0.05) is 12.3 Å². The minimum Gasteiger partial charge on any atom is -0.479 e. The lowest BCUT2D eigenvalue weighted by molar-refractivity contribution is 0.368. The van der Waals surface area contributed by atoms with Gasteiger partial charge in [-0.1, -0.05) is 11.8 Å². The molecule has 5 nitrogen and oxygen atoms in total. The molecule has 0 unspecified atom stereocenters. The van der Waals surface area contributed by atoms with E-state index in [0.29, 0.717) is 11.8 Å². The van der Waals surface area contributed by atoms with Crippen molar-refractivity contribution in [3.63, 3.8) is 0 Å². The Kier molecular flexibility index (Phi) is 5.62. The maximum absolute atomic E-state index is 13.4. The van der Waals surface area contributed by atoms with Gasteiger partial charge in [-0.25, -0.2) is 17.2 Å². The summed E-state index contributed by atoms with van der Waals surface area (Å²) in [5.41, 5.74) is 0. The molecule has 1 aromatic carbocycles. The highest BCUT2D eigenvalue weighted by molar-refractivity contribution is 7.89. The van der Waals surface area contributed by atoms with Crippen LogP contribution in [0.5, 0.6) is 5.75 Å². The molecule has 0 amide bonds. The number of rotatable bonds is 5. The second kappa shape index (κ2) is 7.67. The van der Waals surface area contributed by atoms with E-state index in [4.69, 9.17) is 4.74 Å². The number of halogens is 2. The van der Waals surface area contributed by atoms with Crippen LogP contribution < -0.4 is 9.46 Å². The molecule has 8 heteroatoms. The minimum atomic E-state index is -4.09. The molecule has 0 saturated carbocycles. The standard InChI is InChI=1S/C15H12F2N2O3S/c16-12-5-6-15(14(17)10-12)23(20,21)19-8-1-2-9-22-13-4-3-7-18-11-13/h3-7,10-11,19H,8-9H2. The first kappa shape index (κ1) is 16.9. The Morgan fingerprint density at radius 2 is 2.04 bits per heavy atom. The highest BCUT2D eigenvalue weighted by atomic mass is 32.2. The third-order valence-electron chi connectivity index (χ3n) is 2.60. The van der Waals surface area contributed by atoms with Gasteiger partial charge in [0.15, 0.2) is 0 Å². The SMILES string of the molecule is O=S(=O)(NCC#CCOc1cccnc1)c1ccc(F)cc1F. The van der Waals surface area contributed by atoms with Crippen LogP contribution in [0.3, 0.4) is 0 Å². The normalized spacial score (nSPS) is 10.7. The zero-order valence-corrected chi connectivity index (χ0v) is 12.6. The Morgan fingerprint density at radius 3 is 2.74 bits per heavy atom. The van der Waals surface area contributed by atoms with Crippen molar-refractivity contribution < 1.29 is 21.9 Å². The van der Waals surface area contributed by atoms with E-state index in [1.807, 2.05) is 0 Å². The summed E-state index contributed by atoms with van der Waals surface area (Å²) in [5.74, 6) is 3.65. The van der Waals surface area contributed by atoms with Gasteiger partial charge in [0.05, 0.1) is 12.7 Å². The van der Waals surface area contributed by atoms with Gasteiger partial charge >= 0.3 is 0 Å². The fourth-order valence-electron chi connectivity index (χ4n) is 1.57. The van der Waals surface area contributed by atoms with E-state index in [1.54, 1.807) is 18.3 Å². The van der Waals surface area contributed by atoms with Crippen LogP contribution in [0.4, 0.5) is 8.78 Å². The third kappa shape index (κ3) is 5.02. The summed E-state index contributed by atoms with van der Waals surface area (Å²) in [6.07, 6.45) is 3.11. The quantitative estimate of drug-likeness (QED) is 0.843. The van der Waals surface area contributed by atoms with E-state index in [0.717, 1.165) is 12.1 Å². The van der Waals surface area contributed by atoms with Gasteiger partial charge in [-0.05, 0) is 24.3 Å². The van der Waals surface area contributed by atoms with Crippen LogP contribution >= 0.6 is 0 Å². The first-order valence-corrected chi connectivity index (χ1v) is 7.90. The summed E-state index contributed by atoms with van der Waals surface area (Å²) in [6.45, 7) is -0.173. The van der Waals surface area contributed by atoms with Crippen molar-refractivity contribution in [1.82, 2.24) is 9.71 Å². The molecule has 120 valence electrons. The predicted molar refractivity (Wildman–Crippen MR) is 79.1 cm³/mol. The molecule has 1 aromatic heterocycles. The maximum atomic E-state index is 13.4. The van der Waals surface area contributed by atoms with Crippen molar-refractivity contribution in [2.75, 3.05) is 13.2 Å². The molecule has 0 fully saturated rings. The van der Waals surface area contributed by atoms with E-state index in [9.17, 15) is 17.2 Å². The predicted octanol–water partition coefficient (Wildman–Crippen LogP) is 1.72. The number of benzene rings is 1. The van der Waals surface area contributed by atoms with Crippen LogP contribution in [0.1, 0.15) is 0 Å². The van der Waals surface area contributed by atoms with Crippen molar-refractivity contribution >= 4 is 10.0 Å². The first-order valence-electron chi connectivity index (χ1n) is 6.42. The van der Waals surface area contributed by atoms with Gasteiger partial charge in [-0.3, -0.25) is 4.98 Å². The summed E-state index contributed by atoms with van der Waals surface area (Å²) >= 11 is 0. The molecule has 0 aliphatic carbocycles. The Hall–Kier alpha value is -2.50. The molecule has 2 rings (SSSR count). The number of sulfonamides is 1. The maximum Gasteiger partial charge on any atom is 0.244 e. The zero-order valence-electron chi connectivity index (χ0n) is 11.8. The molecule has 0 aliphatic heterocycles. The second-order valence-electron chi connectivity index (χ2n) is 4.23. The lowest BCUT2D eigenvalue weighted by Gasteiger charge is -2.05. The number of hydrogen-bond donors (Lipinski definition) is 1. The molecule has 1 heterocycles. The molecule has 0 spiro atoms. The lowest BCUT2D eigenvalue weighted by Crippen LogP contribution is -2.25. The first-order chi connectivity index (χ1) is 11.0. The van der Waals surface area contributed by atoms with E-state index >= 15 is 0 Å². The van der Waals surface area contributed by atoms with Crippen molar-refractivity contribution in [1.29, 1.82) is 0 Å². The lowest BCUT2D eigenvalue weighted by atomic mass is 10.3. The molecule has 1 N–H and O–H groups in total. The number of nitrogens with one attached hydrogen (secondary N) is 1. The summed E-state index contributed by atoms with van der Waals surface area (Å²) < 4.78 is 57.2. The highest BCUT2D eigenvalue weighted by Crippen LogP contribution is 2.14. The summed E-state index contributed by atoms with van der Waals surface area (Å²) in [4.78, 5) is 3.22. The Bertz CT molecular complexity index is 831. The van der Waals surface area contributed by atoms with Gasteiger partial charge < -0.3 is 4.74 Å². The van der Waals surface area contributed by atoms with Crippen molar-refractivity contribution in [2.24, 2.45) is 0 Å². The van der Waals surface area contributed by atoms with Gasteiger partial charge in [0.2, 0.25) is 10.0 Å². The summed E-state index contributed by atoms with van der Waals surface area (Å²) in [7, 11) is -4.09. The fraction of sp³-hybridized carbons (Fsp3) is 0.133. The average molecular weight is 338 g/mol. The van der Waals surface area contributed by atoms with Crippen LogP contribution in [-0.2, 0) is 10.0 Å². The largest absolute Gasteiger partial charge is 0.479 e. The highest BCUT2D eigenvalue weighted by Gasteiger charge is 2.18. The van der Waals surface area contributed by atoms with Gasteiger partial charge in [-0.2, -0.15) is 4.72 Å². The van der Waals surface area contributed by atoms with Gasteiger partial charge in [-0.15, -0.1) is 0 Å². The van der Waals surface area contributed by atoms with Gasteiger partial charge in [0.25, 0.3) is 0 Å². The monoisotopic (exact) mass is 338 g/mol. The van der Waals surface area contributed by atoms with E-state index in [-0.39, 0.29) is 13.2 Å². The summed E-state index contributed by atoms with van der Waals surface area (Å²) in [5, 5.41) is 0. The minimum absolute atomic E-state index is 0.0539. The van der Waals surface area contributed by atoms with Crippen molar-refractivity contribution in [2.45, 2.75) is 4.90 Å². The molecule has 0 bridgehead atoms. The van der Waals surface area contributed by atoms with E-state index in [2.05, 4.69) is 21.5 Å². The number of aromatic nitrogens is 1. The smallest absolute Gasteiger partial charge is 0.244 e. The van der Waals surface area contributed by atoms with Crippen LogP contribution in [0.2, 0.25) is 0 Å². The van der Waals surface area contributed by atoms with Gasteiger partial charge in [0.1, 0.15) is 28.9 Å². The zero-order chi connectivity index (χ0) is 16.7. The molecule has 0 aliphatic rings. The number of pyridine rings is 1. The number of hydrogen-bond acceptors (Lipinski definition) is 4. The van der Waals surface area contributed by atoms with Crippen molar-refractivity contribution in [3.05, 3.63) is 54.4 Å².